The number of hydrogen-bond donors (Lipinski definition) is 0. The third-order valence-corrected chi connectivity index (χ3v) is 3.09. The van der Waals surface area contributed by atoms with Crippen LogP contribution in [0.4, 0.5) is 0 Å². The second kappa shape index (κ2) is 9.10. The first-order chi connectivity index (χ1) is 10.1. The van der Waals surface area contributed by atoms with Gasteiger partial charge in [-0.05, 0) is 31.9 Å². The summed E-state index contributed by atoms with van der Waals surface area (Å²) >= 11 is 0. The Bertz CT molecular complexity index is 456. The summed E-state index contributed by atoms with van der Waals surface area (Å²) in [5.41, 5.74) is 1.91. The monoisotopic (exact) mass is 293 g/mol. The van der Waals surface area contributed by atoms with Crippen LogP contribution < -0.4 is 0 Å². The fraction of sp³-hybridized carbons (Fsp3) is 0.562. The van der Waals surface area contributed by atoms with Crippen molar-refractivity contribution >= 4 is 11.9 Å². The number of ether oxygens (including phenoxy) is 2. The van der Waals surface area contributed by atoms with Gasteiger partial charge in [0.05, 0.1) is 25.6 Å². The third kappa shape index (κ3) is 5.94. The molecule has 0 aliphatic carbocycles. The zero-order valence-corrected chi connectivity index (χ0v) is 12.9. The molecule has 0 aliphatic heterocycles. The Morgan fingerprint density at radius 1 is 1.14 bits per heavy atom. The van der Waals surface area contributed by atoms with Crippen molar-refractivity contribution in [2.75, 3.05) is 13.2 Å². The molecule has 1 aromatic rings. The lowest BCUT2D eigenvalue weighted by Crippen LogP contribution is -2.24. The molecule has 0 bridgehead atoms. The first-order valence-corrected chi connectivity index (χ1v) is 7.36. The van der Waals surface area contributed by atoms with E-state index < -0.39 is 5.92 Å². The number of aromatic nitrogens is 1. The maximum absolute atomic E-state index is 12.0. The van der Waals surface area contributed by atoms with Crippen molar-refractivity contribution in [3.63, 3.8) is 0 Å². The molecule has 0 spiro atoms. The second-order valence-electron chi connectivity index (χ2n) is 4.67. The summed E-state index contributed by atoms with van der Waals surface area (Å²) in [6.07, 6.45) is 3.10. The molecule has 1 unspecified atom stereocenters. The number of hydrogen-bond acceptors (Lipinski definition) is 5. The lowest BCUT2D eigenvalue weighted by molar-refractivity contribution is -0.154. The number of esters is 2. The quantitative estimate of drug-likeness (QED) is 0.688. The number of nitrogens with zero attached hydrogens (tertiary/aromatic N) is 1. The van der Waals surface area contributed by atoms with E-state index in [9.17, 15) is 9.59 Å². The maximum atomic E-state index is 12.0. The molecular formula is C16H23NO4. The number of aryl methyl sites for hydroxylation is 1. The Kier molecular flexibility index (Phi) is 7.43. The highest BCUT2D eigenvalue weighted by Crippen LogP contribution is 2.14. The highest BCUT2D eigenvalue weighted by Gasteiger charge is 2.24. The lowest BCUT2D eigenvalue weighted by atomic mass is 9.99. The minimum absolute atomic E-state index is 0.0177. The van der Waals surface area contributed by atoms with E-state index in [1.165, 1.54) is 0 Å². The Labute approximate surface area is 125 Å². The fourth-order valence-corrected chi connectivity index (χ4v) is 1.96. The lowest BCUT2D eigenvalue weighted by Gasteiger charge is -2.14. The molecule has 1 heterocycles. The van der Waals surface area contributed by atoms with Gasteiger partial charge in [-0.1, -0.05) is 13.0 Å². The summed E-state index contributed by atoms with van der Waals surface area (Å²) in [5.74, 6) is -1.32. The third-order valence-electron chi connectivity index (χ3n) is 3.09. The molecule has 1 atom stereocenters. The SMILES string of the molecule is CCOC(=O)CC(Cc1ccc(CC)cn1)C(=O)OCC. The van der Waals surface area contributed by atoms with Crippen LogP contribution in [0.25, 0.3) is 0 Å². The van der Waals surface area contributed by atoms with E-state index in [0.29, 0.717) is 19.6 Å². The Balaban J connectivity index is 2.74. The minimum atomic E-state index is -0.552. The predicted octanol–water partition coefficient (Wildman–Crippen LogP) is 2.32. The van der Waals surface area contributed by atoms with Crippen molar-refractivity contribution in [2.45, 2.75) is 40.0 Å². The van der Waals surface area contributed by atoms with E-state index in [1.54, 1.807) is 20.0 Å². The average Bonchev–Trinajstić information content (AvgIpc) is 2.48. The summed E-state index contributed by atoms with van der Waals surface area (Å²) in [5, 5.41) is 0. The molecule has 5 nitrogen and oxygen atoms in total. The summed E-state index contributed by atoms with van der Waals surface area (Å²) in [7, 11) is 0. The van der Waals surface area contributed by atoms with Gasteiger partial charge < -0.3 is 9.47 Å². The Morgan fingerprint density at radius 3 is 2.38 bits per heavy atom. The van der Waals surface area contributed by atoms with Gasteiger partial charge in [0.25, 0.3) is 0 Å². The molecule has 0 radical (unpaired) electrons. The van der Waals surface area contributed by atoms with Crippen LogP contribution in [-0.4, -0.2) is 30.1 Å². The number of rotatable bonds is 8. The van der Waals surface area contributed by atoms with Crippen molar-refractivity contribution in [1.29, 1.82) is 0 Å². The molecule has 0 aliphatic rings. The molecular weight excluding hydrogens is 270 g/mol. The first-order valence-electron chi connectivity index (χ1n) is 7.36. The van der Waals surface area contributed by atoms with Crippen molar-refractivity contribution in [3.8, 4) is 0 Å². The summed E-state index contributed by atoms with van der Waals surface area (Å²) in [6.45, 7) is 6.13. The smallest absolute Gasteiger partial charge is 0.309 e. The van der Waals surface area contributed by atoms with Crippen LogP contribution in [-0.2, 0) is 31.9 Å². The van der Waals surface area contributed by atoms with Gasteiger partial charge in [-0.2, -0.15) is 0 Å². The Morgan fingerprint density at radius 2 is 1.86 bits per heavy atom. The molecule has 0 N–H and O–H groups in total. The van der Waals surface area contributed by atoms with Crippen LogP contribution in [0.15, 0.2) is 18.3 Å². The molecule has 21 heavy (non-hydrogen) atoms. The molecule has 0 fully saturated rings. The molecule has 0 saturated heterocycles. The summed E-state index contributed by atoms with van der Waals surface area (Å²) in [6, 6.07) is 3.87. The minimum Gasteiger partial charge on any atom is -0.466 e. The van der Waals surface area contributed by atoms with E-state index in [2.05, 4.69) is 11.9 Å². The van der Waals surface area contributed by atoms with Crippen molar-refractivity contribution in [3.05, 3.63) is 29.6 Å². The molecule has 0 saturated carbocycles. The summed E-state index contributed by atoms with van der Waals surface area (Å²) in [4.78, 5) is 27.9. The summed E-state index contributed by atoms with van der Waals surface area (Å²) < 4.78 is 9.93. The van der Waals surface area contributed by atoms with Crippen LogP contribution in [0, 0.1) is 5.92 Å². The highest BCUT2D eigenvalue weighted by molar-refractivity contribution is 5.80. The van der Waals surface area contributed by atoms with Gasteiger partial charge in [0.1, 0.15) is 0 Å². The van der Waals surface area contributed by atoms with Gasteiger partial charge in [-0.3, -0.25) is 14.6 Å². The van der Waals surface area contributed by atoms with Crippen LogP contribution in [0.3, 0.4) is 0 Å². The topological polar surface area (TPSA) is 65.5 Å². The molecule has 1 aromatic heterocycles. The zero-order valence-electron chi connectivity index (χ0n) is 12.9. The maximum Gasteiger partial charge on any atom is 0.309 e. The molecule has 1 rings (SSSR count). The van der Waals surface area contributed by atoms with Gasteiger partial charge in [0, 0.05) is 18.3 Å². The van der Waals surface area contributed by atoms with E-state index >= 15 is 0 Å². The van der Waals surface area contributed by atoms with Gasteiger partial charge in [0.2, 0.25) is 0 Å². The zero-order chi connectivity index (χ0) is 15.7. The second-order valence-corrected chi connectivity index (χ2v) is 4.67. The number of pyridine rings is 1. The molecule has 5 heteroatoms. The fourth-order valence-electron chi connectivity index (χ4n) is 1.96. The van der Waals surface area contributed by atoms with Gasteiger partial charge in [-0.15, -0.1) is 0 Å². The Hall–Kier alpha value is -1.91. The number of carbonyl (C=O) groups excluding carboxylic acids is 2. The van der Waals surface area contributed by atoms with Crippen molar-refractivity contribution in [2.24, 2.45) is 5.92 Å². The van der Waals surface area contributed by atoms with Crippen LogP contribution in [0.1, 0.15) is 38.4 Å². The molecule has 0 aromatic carbocycles. The van der Waals surface area contributed by atoms with Crippen LogP contribution in [0.5, 0.6) is 0 Å². The van der Waals surface area contributed by atoms with Crippen molar-refractivity contribution < 1.29 is 19.1 Å². The highest BCUT2D eigenvalue weighted by atomic mass is 16.5. The average molecular weight is 293 g/mol. The van der Waals surface area contributed by atoms with Crippen LogP contribution >= 0.6 is 0 Å². The largest absolute Gasteiger partial charge is 0.466 e. The van der Waals surface area contributed by atoms with Crippen molar-refractivity contribution in [1.82, 2.24) is 4.98 Å². The molecule has 0 amide bonds. The van der Waals surface area contributed by atoms with Crippen LogP contribution in [0.2, 0.25) is 0 Å². The van der Waals surface area contributed by atoms with E-state index in [1.807, 2.05) is 12.1 Å². The van der Waals surface area contributed by atoms with Gasteiger partial charge >= 0.3 is 11.9 Å². The molecule has 116 valence electrons. The van der Waals surface area contributed by atoms with E-state index in [4.69, 9.17) is 9.47 Å². The standard InChI is InChI=1S/C16H23NO4/c1-4-12-7-8-14(17-11-12)9-13(16(19)21-6-3)10-15(18)20-5-2/h7-8,11,13H,4-6,9-10H2,1-3H3. The number of carbonyl (C=O) groups is 2. The van der Waals surface area contributed by atoms with Gasteiger partial charge in [0.15, 0.2) is 0 Å². The van der Waals surface area contributed by atoms with Gasteiger partial charge in [-0.25, -0.2) is 0 Å². The van der Waals surface area contributed by atoms with E-state index in [-0.39, 0.29) is 18.4 Å². The normalized spacial score (nSPS) is 11.8. The van der Waals surface area contributed by atoms with E-state index in [0.717, 1.165) is 17.7 Å². The predicted molar refractivity (Wildman–Crippen MR) is 78.7 cm³/mol. The first kappa shape index (κ1) is 17.1.